The molecular formula is C19H20AlO4. The van der Waals surface area contributed by atoms with Gasteiger partial charge in [0.25, 0.3) is 0 Å². The van der Waals surface area contributed by atoms with Crippen LogP contribution >= 0.6 is 0 Å². The fraction of sp³-hybridized carbons (Fsp3) is 0.263. The minimum atomic E-state index is -0.874. The van der Waals surface area contributed by atoms with E-state index >= 15 is 0 Å². The highest BCUT2D eigenvalue weighted by Crippen LogP contribution is 2.21. The highest BCUT2D eigenvalue weighted by molar-refractivity contribution is 6.21. The standard InChI is InChI=1S/C10H12O2.C9H10O2.Al/c1-2-3-8-4-5-10(12)9(6-8)7-11;1-2-7-3-4-8(6-10)9(11)5-7;/h4-7,12H,2-3H2,1H3;3-6,11H,2H2,1H3;/q;;+2/p-2. The third-order valence-corrected chi connectivity index (χ3v) is 4.40. The summed E-state index contributed by atoms with van der Waals surface area (Å²) in [5.41, 5.74) is 3.22. The van der Waals surface area contributed by atoms with Crippen LogP contribution in [0, 0.1) is 0 Å². The predicted octanol–water partition coefficient (Wildman–Crippen LogP) is 3.82. The molecule has 2 rings (SSSR count). The van der Waals surface area contributed by atoms with Crippen molar-refractivity contribution in [2.45, 2.75) is 33.1 Å². The molecule has 0 amide bonds. The molecule has 0 aliphatic carbocycles. The predicted molar refractivity (Wildman–Crippen MR) is 94.0 cm³/mol. The SMILES string of the molecule is CCCc1ccc([O][Al][O]c2cc(CC)ccc2C=O)c(C=O)c1. The van der Waals surface area contributed by atoms with Crippen molar-refractivity contribution in [3.05, 3.63) is 58.7 Å². The van der Waals surface area contributed by atoms with E-state index in [1.807, 2.05) is 31.2 Å². The molecule has 0 saturated heterocycles. The Labute approximate surface area is 149 Å². The number of carbonyl (C=O) groups excluding carboxylic acids is 2. The van der Waals surface area contributed by atoms with E-state index in [0.29, 0.717) is 22.6 Å². The van der Waals surface area contributed by atoms with Crippen LogP contribution in [0.15, 0.2) is 36.4 Å². The number of rotatable bonds is 9. The molecule has 0 unspecified atom stereocenters. The first kappa shape index (κ1) is 18.3. The van der Waals surface area contributed by atoms with Crippen LogP contribution in [0.4, 0.5) is 0 Å². The average molecular weight is 339 g/mol. The summed E-state index contributed by atoms with van der Waals surface area (Å²) in [6, 6.07) is 11.1. The monoisotopic (exact) mass is 339 g/mol. The van der Waals surface area contributed by atoms with Gasteiger partial charge in [-0.2, -0.15) is 0 Å². The minimum absolute atomic E-state index is 0.497. The Morgan fingerprint density at radius 2 is 1.58 bits per heavy atom. The van der Waals surface area contributed by atoms with Gasteiger partial charge in [-0.25, -0.2) is 0 Å². The highest BCUT2D eigenvalue weighted by Gasteiger charge is 2.12. The van der Waals surface area contributed by atoms with E-state index in [9.17, 15) is 9.59 Å². The third-order valence-electron chi connectivity index (χ3n) is 3.70. The molecule has 0 atom stereocenters. The number of hydrogen-bond acceptors (Lipinski definition) is 4. The lowest BCUT2D eigenvalue weighted by atomic mass is 10.1. The van der Waals surface area contributed by atoms with Crippen LogP contribution in [0.5, 0.6) is 11.5 Å². The quantitative estimate of drug-likeness (QED) is 0.515. The van der Waals surface area contributed by atoms with E-state index in [1.165, 1.54) is 0 Å². The van der Waals surface area contributed by atoms with Crippen molar-refractivity contribution < 1.29 is 17.2 Å². The lowest BCUT2D eigenvalue weighted by Gasteiger charge is -2.13. The molecule has 0 saturated carbocycles. The molecule has 1 radical (unpaired) electrons. The molecule has 2 aromatic carbocycles. The Kier molecular flexibility index (Phi) is 7.05. The van der Waals surface area contributed by atoms with Crippen molar-refractivity contribution in [3.63, 3.8) is 0 Å². The number of aryl methyl sites for hydroxylation is 2. The van der Waals surface area contributed by atoms with Gasteiger partial charge in [0, 0.05) is 0 Å². The van der Waals surface area contributed by atoms with Gasteiger partial charge < -0.3 is 7.58 Å². The van der Waals surface area contributed by atoms with E-state index in [1.54, 1.807) is 12.1 Å². The summed E-state index contributed by atoms with van der Waals surface area (Å²) in [6.45, 7) is 4.13. The summed E-state index contributed by atoms with van der Waals surface area (Å²) < 4.78 is 11.3. The molecule has 0 fully saturated rings. The Morgan fingerprint density at radius 1 is 0.875 bits per heavy atom. The van der Waals surface area contributed by atoms with Gasteiger partial charge in [-0.15, -0.1) is 0 Å². The second kappa shape index (κ2) is 9.27. The van der Waals surface area contributed by atoms with E-state index in [0.717, 1.165) is 43.0 Å². The van der Waals surface area contributed by atoms with Crippen LogP contribution in [-0.4, -0.2) is 28.5 Å². The van der Waals surface area contributed by atoms with Crippen LogP contribution in [0.25, 0.3) is 0 Å². The van der Waals surface area contributed by atoms with Gasteiger partial charge in [-0.05, 0) is 48.2 Å². The Bertz CT molecular complexity index is 713. The van der Waals surface area contributed by atoms with Gasteiger partial charge >= 0.3 is 15.9 Å². The normalized spacial score (nSPS) is 10.1. The van der Waals surface area contributed by atoms with Crippen molar-refractivity contribution in [1.82, 2.24) is 0 Å². The zero-order chi connectivity index (χ0) is 17.4. The maximum Gasteiger partial charge on any atom is 0.881 e. The van der Waals surface area contributed by atoms with Crippen molar-refractivity contribution >= 4 is 28.5 Å². The number of hydrogen-bond donors (Lipinski definition) is 0. The molecule has 0 aromatic heterocycles. The van der Waals surface area contributed by atoms with Crippen LogP contribution < -0.4 is 7.58 Å². The molecule has 0 spiro atoms. The number of aldehydes is 2. The largest absolute Gasteiger partial charge is 0.881 e. The van der Waals surface area contributed by atoms with Crippen LogP contribution in [-0.2, 0) is 12.8 Å². The fourth-order valence-electron chi connectivity index (χ4n) is 2.37. The van der Waals surface area contributed by atoms with Gasteiger partial charge in [0.1, 0.15) is 0 Å². The van der Waals surface area contributed by atoms with Gasteiger partial charge in [0.15, 0.2) is 12.6 Å². The van der Waals surface area contributed by atoms with E-state index < -0.39 is 15.9 Å². The second-order valence-corrected chi connectivity index (χ2v) is 6.08. The van der Waals surface area contributed by atoms with Gasteiger partial charge in [0.2, 0.25) is 0 Å². The van der Waals surface area contributed by atoms with Gasteiger partial charge in [0.05, 0.1) is 22.6 Å². The molecule has 0 heterocycles. The summed E-state index contributed by atoms with van der Waals surface area (Å²) in [6.07, 6.45) is 4.37. The average Bonchev–Trinajstić information content (AvgIpc) is 2.62. The first-order valence-electron chi connectivity index (χ1n) is 8.03. The van der Waals surface area contributed by atoms with Crippen LogP contribution in [0.3, 0.4) is 0 Å². The first-order chi connectivity index (χ1) is 11.7. The van der Waals surface area contributed by atoms with Crippen LogP contribution in [0.2, 0.25) is 0 Å². The van der Waals surface area contributed by atoms with Crippen molar-refractivity contribution in [1.29, 1.82) is 0 Å². The first-order valence-corrected chi connectivity index (χ1v) is 8.97. The zero-order valence-corrected chi connectivity index (χ0v) is 15.1. The highest BCUT2D eigenvalue weighted by atomic mass is 27.2. The molecule has 0 aliphatic rings. The van der Waals surface area contributed by atoms with Gasteiger partial charge in [-0.3, -0.25) is 9.59 Å². The smallest absolute Gasteiger partial charge is 0.615 e. The van der Waals surface area contributed by atoms with E-state index in [4.69, 9.17) is 7.58 Å². The maximum absolute atomic E-state index is 11.2. The molecule has 0 N–H and O–H groups in total. The minimum Gasteiger partial charge on any atom is -0.615 e. The molecule has 5 heteroatoms. The molecule has 2 aromatic rings. The summed E-state index contributed by atoms with van der Waals surface area (Å²) in [5.74, 6) is 1.04. The Hall–Kier alpha value is -2.09. The Balaban J connectivity index is 2.06. The molecule has 0 aliphatic heterocycles. The fourth-order valence-corrected chi connectivity index (χ4v) is 3.04. The topological polar surface area (TPSA) is 52.6 Å². The Morgan fingerprint density at radius 3 is 2.25 bits per heavy atom. The van der Waals surface area contributed by atoms with E-state index in [2.05, 4.69) is 6.92 Å². The number of carbonyl (C=O) groups is 2. The maximum atomic E-state index is 11.2. The number of benzene rings is 2. The molecule has 24 heavy (non-hydrogen) atoms. The van der Waals surface area contributed by atoms with E-state index in [-0.39, 0.29) is 0 Å². The molecular weight excluding hydrogens is 319 g/mol. The summed E-state index contributed by atoms with van der Waals surface area (Å²) in [7, 11) is 0. The van der Waals surface area contributed by atoms with Crippen molar-refractivity contribution in [2.75, 3.05) is 0 Å². The zero-order valence-electron chi connectivity index (χ0n) is 14.0. The van der Waals surface area contributed by atoms with Crippen LogP contribution in [0.1, 0.15) is 52.1 Å². The van der Waals surface area contributed by atoms with Gasteiger partial charge in [-0.1, -0.05) is 32.4 Å². The molecule has 123 valence electrons. The third kappa shape index (κ3) is 4.70. The lowest BCUT2D eigenvalue weighted by Crippen LogP contribution is -2.13. The molecule has 4 nitrogen and oxygen atoms in total. The van der Waals surface area contributed by atoms with Crippen molar-refractivity contribution in [3.8, 4) is 11.5 Å². The lowest BCUT2D eigenvalue weighted by molar-refractivity contribution is 0.111. The summed E-state index contributed by atoms with van der Waals surface area (Å²) in [4.78, 5) is 22.3. The van der Waals surface area contributed by atoms with Crippen molar-refractivity contribution in [2.24, 2.45) is 0 Å². The molecule has 0 bridgehead atoms. The summed E-state index contributed by atoms with van der Waals surface area (Å²) >= 11 is -0.874. The second-order valence-electron chi connectivity index (χ2n) is 5.42. The summed E-state index contributed by atoms with van der Waals surface area (Å²) in [5, 5.41) is 0.